The minimum absolute atomic E-state index is 0.0000198. The summed E-state index contributed by atoms with van der Waals surface area (Å²) in [6.45, 7) is 34.6. The van der Waals surface area contributed by atoms with Crippen molar-refractivity contribution >= 4 is 83.6 Å². The van der Waals surface area contributed by atoms with Crippen LogP contribution in [0.4, 0.5) is 0 Å². The van der Waals surface area contributed by atoms with E-state index in [-0.39, 0.29) is 44.6 Å². The molecule has 2 aromatic carbocycles. The molecule has 0 amide bonds. The summed E-state index contributed by atoms with van der Waals surface area (Å²) in [7, 11) is 0. The molecule has 0 aliphatic carbocycles. The van der Waals surface area contributed by atoms with Crippen LogP contribution in [0.3, 0.4) is 0 Å². The number of hydrogen-bond donors (Lipinski definition) is 0. The number of ether oxygens (including phenoxy) is 14. The molecule has 0 spiro atoms. The van der Waals surface area contributed by atoms with Crippen molar-refractivity contribution in [3.63, 3.8) is 0 Å². The Morgan fingerprint density at radius 3 is 0.705 bits per heavy atom. The molecule has 0 aliphatic rings. The van der Waals surface area contributed by atoms with E-state index in [9.17, 15) is 67.1 Å². The van der Waals surface area contributed by atoms with Gasteiger partial charge in [-0.3, -0.25) is 0 Å². The van der Waals surface area contributed by atoms with Crippen molar-refractivity contribution in [1.29, 1.82) is 0 Å². The fourth-order valence-electron chi connectivity index (χ4n) is 6.39. The van der Waals surface area contributed by atoms with Gasteiger partial charge in [-0.1, -0.05) is 66.5 Å². The van der Waals surface area contributed by atoms with Gasteiger partial charge in [-0.2, -0.15) is 0 Å². The van der Waals surface area contributed by atoms with E-state index in [0.29, 0.717) is 0 Å². The van der Waals surface area contributed by atoms with Gasteiger partial charge in [0.05, 0.1) is 46.6 Å². The molecular formula is C67H76O28. The summed E-state index contributed by atoms with van der Waals surface area (Å²) >= 11 is 0. The molecule has 4 unspecified atom stereocenters. The molecule has 95 heavy (non-hydrogen) atoms. The van der Waals surface area contributed by atoms with Gasteiger partial charge < -0.3 is 66.3 Å². The molecule has 0 heterocycles. The third-order valence-electron chi connectivity index (χ3n) is 11.7. The molecule has 4 atom stereocenters. The van der Waals surface area contributed by atoms with Gasteiger partial charge in [0.2, 0.25) is 0 Å². The third-order valence-corrected chi connectivity index (χ3v) is 11.7. The Hall–Kier alpha value is -11.1. The number of carbonyl (C=O) groups is 14. The Morgan fingerprint density at radius 2 is 0.484 bits per heavy atom. The van der Waals surface area contributed by atoms with Crippen LogP contribution < -0.4 is 0 Å². The first-order valence-corrected chi connectivity index (χ1v) is 28.3. The van der Waals surface area contributed by atoms with Gasteiger partial charge in [-0.25, -0.2) is 67.1 Å². The smallest absolute Gasteiger partial charge is 0.339 e. The van der Waals surface area contributed by atoms with Crippen LogP contribution in [0.15, 0.2) is 134 Å². The van der Waals surface area contributed by atoms with Gasteiger partial charge in [0.15, 0.2) is 24.4 Å². The molecule has 0 N–H and O–H groups in total. The molecule has 28 heteroatoms. The summed E-state index contributed by atoms with van der Waals surface area (Å²) in [6.07, 6.45) is -5.72. The summed E-state index contributed by atoms with van der Waals surface area (Å²) in [5.74, 6) is -14.9. The molecule has 0 saturated heterocycles. The van der Waals surface area contributed by atoms with Crippen molar-refractivity contribution in [3.8, 4) is 0 Å². The van der Waals surface area contributed by atoms with Crippen molar-refractivity contribution in [2.45, 2.75) is 93.7 Å². The SMILES string of the molecule is C=C(C)C(=O)OCC(COC(=O)c1ccc(C(=O)OCC(C)(C)COC(=O)c2ccc(C(=O)OCC(COC(=O)C(=C)C)OC(=O)C(=C)C)cc2C(=O)OCC(COC(=O)C(=C)C)OC(=O)C(=C)C)c(C(=O)OCC(COC(=O)C(=C)C)OC(=O)C(=C)C)c1)OC(=O)C(=C)C. The largest absolute Gasteiger partial charge is 0.461 e. The van der Waals surface area contributed by atoms with E-state index in [1.807, 2.05) is 0 Å². The van der Waals surface area contributed by atoms with E-state index in [2.05, 4.69) is 52.6 Å². The van der Waals surface area contributed by atoms with Crippen molar-refractivity contribution in [2.75, 3.05) is 66.1 Å². The van der Waals surface area contributed by atoms with Crippen LogP contribution in [-0.2, 0) is 105 Å². The monoisotopic (exact) mass is 1330 g/mol. The van der Waals surface area contributed by atoms with E-state index in [0.717, 1.165) is 36.4 Å². The minimum Gasteiger partial charge on any atom is -0.461 e. The predicted molar refractivity (Wildman–Crippen MR) is 330 cm³/mol. The summed E-state index contributed by atoms with van der Waals surface area (Å²) in [5.41, 5.74) is -4.94. The lowest BCUT2D eigenvalue weighted by atomic mass is 9.96. The maximum absolute atomic E-state index is 14.1. The fraction of sp³-hybridized carbons (Fsp3) is 0.373. The second-order valence-corrected chi connectivity index (χ2v) is 22.0. The molecule has 2 aromatic rings. The molecule has 28 nitrogen and oxygen atoms in total. The number of benzene rings is 2. The lowest BCUT2D eigenvalue weighted by Crippen LogP contribution is -2.32. The van der Waals surface area contributed by atoms with Gasteiger partial charge in [0.1, 0.15) is 52.9 Å². The minimum atomic E-state index is -1.47. The molecule has 0 aliphatic heterocycles. The molecule has 512 valence electrons. The molecule has 0 radical (unpaired) electrons. The average Bonchev–Trinajstić information content (AvgIpc) is 0.824. The van der Waals surface area contributed by atoms with E-state index in [1.165, 1.54) is 69.2 Å². The lowest BCUT2D eigenvalue weighted by molar-refractivity contribution is -0.156. The maximum Gasteiger partial charge on any atom is 0.339 e. The fourth-order valence-corrected chi connectivity index (χ4v) is 6.39. The summed E-state index contributed by atoms with van der Waals surface area (Å²) in [6, 6.07) is 5.76. The van der Waals surface area contributed by atoms with Crippen molar-refractivity contribution in [2.24, 2.45) is 5.41 Å². The third kappa shape index (κ3) is 28.1. The van der Waals surface area contributed by atoms with E-state index in [4.69, 9.17) is 66.3 Å². The number of esters is 14. The van der Waals surface area contributed by atoms with Gasteiger partial charge >= 0.3 is 83.6 Å². The van der Waals surface area contributed by atoms with Crippen molar-refractivity contribution in [3.05, 3.63) is 167 Å². The Labute approximate surface area is 547 Å². The predicted octanol–water partition coefficient (Wildman–Crippen LogP) is 6.78. The zero-order valence-corrected chi connectivity index (χ0v) is 54.4. The highest BCUT2D eigenvalue weighted by molar-refractivity contribution is 6.06. The molecule has 0 saturated carbocycles. The molecule has 0 aromatic heterocycles. The summed E-state index contributed by atoms with van der Waals surface area (Å²) in [5, 5.41) is 0. The second kappa shape index (κ2) is 38.1. The van der Waals surface area contributed by atoms with Crippen LogP contribution >= 0.6 is 0 Å². The van der Waals surface area contributed by atoms with Crippen molar-refractivity contribution < 1.29 is 133 Å². The zero-order chi connectivity index (χ0) is 72.2. The van der Waals surface area contributed by atoms with Gasteiger partial charge in [-0.05, 0) is 91.8 Å². The standard InChI is InChI=1S/C67H76O28/c1-35(2)53(68)82-25-45(92-57(72)39(9)10)29-86-61(76)43-19-21-49(51(23-43)65(80)88-31-47(94-59(74)41(13)14)27-84-55(70)37(5)6)63(78)90-33-67(17,18)34-91-64(79)50-22-20-44(62(77)87-30-46(93-58(73)40(11)12)26-83-54(69)36(3)4)24-52(50)66(81)89-32-48(95-60(75)42(15)16)28-85-56(71)38(7)8/h19-24,45-48H,1,3,5,7,9,11,13,15,25-34H2,2,4,6,8,10,12,14,16-18H3. The second-order valence-electron chi connectivity index (χ2n) is 22.0. The Balaban J connectivity index is 2.62. The molecular weight excluding hydrogens is 1250 g/mol. The van der Waals surface area contributed by atoms with E-state index < -0.39 is 213 Å². The number of rotatable bonds is 38. The van der Waals surface area contributed by atoms with Gasteiger partial charge in [0, 0.05) is 50.0 Å². The maximum atomic E-state index is 14.1. The van der Waals surface area contributed by atoms with Crippen LogP contribution in [0.1, 0.15) is 131 Å². The highest BCUT2D eigenvalue weighted by atomic mass is 16.6. The number of hydrogen-bond acceptors (Lipinski definition) is 28. The van der Waals surface area contributed by atoms with Crippen LogP contribution in [0, 0.1) is 5.41 Å². The van der Waals surface area contributed by atoms with Gasteiger partial charge in [-0.15, -0.1) is 0 Å². The van der Waals surface area contributed by atoms with Crippen LogP contribution in [0.5, 0.6) is 0 Å². The highest BCUT2D eigenvalue weighted by Crippen LogP contribution is 2.24. The first-order valence-electron chi connectivity index (χ1n) is 28.3. The Kier molecular flexibility index (Phi) is 32.1. The van der Waals surface area contributed by atoms with E-state index >= 15 is 0 Å². The normalized spacial score (nSPS) is 11.8. The van der Waals surface area contributed by atoms with E-state index in [1.54, 1.807) is 0 Å². The quantitative estimate of drug-likeness (QED) is 0.0379. The van der Waals surface area contributed by atoms with Crippen LogP contribution in [0.2, 0.25) is 0 Å². The highest BCUT2D eigenvalue weighted by Gasteiger charge is 2.32. The van der Waals surface area contributed by atoms with Crippen LogP contribution in [0.25, 0.3) is 0 Å². The topological polar surface area (TPSA) is 368 Å². The molecule has 0 fully saturated rings. The van der Waals surface area contributed by atoms with Crippen LogP contribution in [-0.4, -0.2) is 174 Å². The molecule has 0 bridgehead atoms. The Morgan fingerprint density at radius 1 is 0.284 bits per heavy atom. The Bertz CT molecular complexity index is 3220. The average molecular weight is 1330 g/mol. The van der Waals surface area contributed by atoms with Gasteiger partial charge in [0.25, 0.3) is 0 Å². The first-order chi connectivity index (χ1) is 44.2. The zero-order valence-electron chi connectivity index (χ0n) is 54.4. The summed E-state index contributed by atoms with van der Waals surface area (Å²) < 4.78 is 74.3. The summed E-state index contributed by atoms with van der Waals surface area (Å²) in [4.78, 5) is 182. The van der Waals surface area contributed by atoms with Crippen molar-refractivity contribution in [1.82, 2.24) is 0 Å². The number of carbonyl (C=O) groups excluding carboxylic acids is 14. The lowest BCUT2D eigenvalue weighted by Gasteiger charge is -2.24. The molecule has 2 rings (SSSR count). The first kappa shape index (κ1) is 80.0.